The molecular formula is C26H22ClN3O4. The Morgan fingerprint density at radius 3 is 2.44 bits per heavy atom. The number of nitrogens with zero attached hydrogens (tertiary/aromatic N) is 3. The summed E-state index contributed by atoms with van der Waals surface area (Å²) < 4.78 is 6.55. The van der Waals surface area contributed by atoms with E-state index in [0.717, 1.165) is 0 Å². The van der Waals surface area contributed by atoms with Crippen molar-refractivity contribution < 1.29 is 19.7 Å². The maximum absolute atomic E-state index is 13.5. The summed E-state index contributed by atoms with van der Waals surface area (Å²) in [5.74, 6) is -1.96. The van der Waals surface area contributed by atoms with E-state index in [4.69, 9.17) is 16.3 Å². The van der Waals surface area contributed by atoms with Crippen LogP contribution < -0.4 is 4.74 Å². The molecule has 34 heavy (non-hydrogen) atoms. The molecule has 1 aromatic heterocycles. The van der Waals surface area contributed by atoms with Crippen molar-refractivity contribution in [3.63, 3.8) is 0 Å². The number of fused-ring (bicyclic) bond motifs is 3. The van der Waals surface area contributed by atoms with E-state index < -0.39 is 29.1 Å². The van der Waals surface area contributed by atoms with Gasteiger partial charge in [-0.1, -0.05) is 54.1 Å². The van der Waals surface area contributed by atoms with Crippen LogP contribution in [0.1, 0.15) is 28.2 Å². The third-order valence-corrected chi connectivity index (χ3v) is 7.26. The predicted molar refractivity (Wildman–Crippen MR) is 124 cm³/mol. The Morgan fingerprint density at radius 1 is 1.15 bits per heavy atom. The van der Waals surface area contributed by atoms with Crippen LogP contribution in [-0.2, 0) is 16.0 Å². The molecule has 5 rings (SSSR count). The average Bonchev–Trinajstić information content (AvgIpc) is 3.23. The predicted octanol–water partition coefficient (Wildman–Crippen LogP) is 2.94. The minimum Gasteiger partial charge on any atom is -0.476 e. The molecule has 2 heterocycles. The summed E-state index contributed by atoms with van der Waals surface area (Å²) in [5, 5.41) is 33.7. The van der Waals surface area contributed by atoms with Crippen LogP contribution in [0.2, 0.25) is 5.02 Å². The lowest BCUT2D eigenvalue weighted by atomic mass is 9.70. The molecule has 1 amide bonds. The first-order valence-electron chi connectivity index (χ1n) is 10.8. The number of hydrogen-bond acceptors (Lipinski definition) is 6. The number of halogens is 1. The van der Waals surface area contributed by atoms with Crippen LogP contribution in [0.3, 0.4) is 0 Å². The Balaban J connectivity index is 1.88. The molecule has 1 fully saturated rings. The van der Waals surface area contributed by atoms with Gasteiger partial charge in [0.05, 0.1) is 34.3 Å². The molecule has 8 heteroatoms. The van der Waals surface area contributed by atoms with Crippen molar-refractivity contribution >= 4 is 17.5 Å². The summed E-state index contributed by atoms with van der Waals surface area (Å²) in [5.41, 5.74) is -1.87. The molecule has 1 aliphatic carbocycles. The second-order valence-corrected chi connectivity index (χ2v) is 9.29. The second kappa shape index (κ2) is 7.81. The fourth-order valence-electron chi connectivity index (χ4n) is 5.59. The molecule has 0 bridgehead atoms. The van der Waals surface area contributed by atoms with Crippen molar-refractivity contribution in [2.45, 2.75) is 23.2 Å². The van der Waals surface area contributed by atoms with E-state index in [1.54, 1.807) is 38.4 Å². The number of aliphatic hydroxyl groups is 2. The summed E-state index contributed by atoms with van der Waals surface area (Å²) >= 11 is 6.52. The lowest BCUT2D eigenvalue weighted by Crippen LogP contribution is -2.52. The van der Waals surface area contributed by atoms with Crippen molar-refractivity contribution in [1.29, 1.82) is 5.26 Å². The Kier molecular flexibility index (Phi) is 5.14. The highest BCUT2D eigenvalue weighted by atomic mass is 35.5. The van der Waals surface area contributed by atoms with Gasteiger partial charge in [0.1, 0.15) is 11.9 Å². The first-order valence-corrected chi connectivity index (χ1v) is 11.1. The van der Waals surface area contributed by atoms with Gasteiger partial charge in [0.2, 0.25) is 5.91 Å². The van der Waals surface area contributed by atoms with Crippen molar-refractivity contribution in [1.82, 2.24) is 9.88 Å². The third-order valence-electron chi connectivity index (χ3n) is 6.98. The molecule has 0 spiro atoms. The molecule has 2 aromatic carbocycles. The van der Waals surface area contributed by atoms with Crippen LogP contribution >= 0.6 is 11.6 Å². The van der Waals surface area contributed by atoms with Gasteiger partial charge in [-0.25, -0.2) is 0 Å². The summed E-state index contributed by atoms with van der Waals surface area (Å²) in [6.07, 6.45) is 1.27. The Morgan fingerprint density at radius 2 is 1.82 bits per heavy atom. The average molecular weight is 476 g/mol. The van der Waals surface area contributed by atoms with E-state index in [0.29, 0.717) is 16.7 Å². The van der Waals surface area contributed by atoms with Crippen molar-refractivity contribution in [2.75, 3.05) is 14.1 Å². The fraction of sp³-hybridized carbons (Fsp3) is 0.269. The lowest BCUT2D eigenvalue weighted by Gasteiger charge is -2.40. The normalized spacial score (nSPS) is 29.0. The minimum atomic E-state index is -2.08. The van der Waals surface area contributed by atoms with E-state index in [9.17, 15) is 20.3 Å². The highest BCUT2D eigenvalue weighted by Gasteiger charge is 2.77. The molecule has 1 saturated carbocycles. The fourth-order valence-corrected chi connectivity index (χ4v) is 5.89. The van der Waals surface area contributed by atoms with Gasteiger partial charge >= 0.3 is 0 Å². The molecule has 172 valence electrons. The zero-order valence-corrected chi connectivity index (χ0v) is 19.3. The first kappa shape index (κ1) is 22.4. The Hall–Kier alpha value is -3.44. The number of aliphatic hydroxyl groups excluding tert-OH is 1. The summed E-state index contributed by atoms with van der Waals surface area (Å²) in [4.78, 5) is 19.0. The van der Waals surface area contributed by atoms with Gasteiger partial charge in [-0.15, -0.1) is 0 Å². The van der Waals surface area contributed by atoms with Gasteiger partial charge in [-0.3, -0.25) is 9.78 Å². The molecule has 2 aliphatic rings. The number of aromatic nitrogens is 1. The molecule has 0 radical (unpaired) electrons. The third kappa shape index (κ3) is 2.77. The van der Waals surface area contributed by atoms with Gasteiger partial charge < -0.3 is 19.8 Å². The molecule has 2 N–H and O–H groups in total. The largest absolute Gasteiger partial charge is 0.476 e. The van der Waals surface area contributed by atoms with Crippen LogP contribution in [0.5, 0.6) is 5.75 Å². The monoisotopic (exact) mass is 475 g/mol. The van der Waals surface area contributed by atoms with Crippen LogP contribution in [0.25, 0.3) is 0 Å². The van der Waals surface area contributed by atoms with Crippen molar-refractivity contribution in [3.8, 4) is 11.8 Å². The topological polar surface area (TPSA) is 107 Å². The molecule has 5 atom stereocenters. The number of carbonyl (C=O) groups excluding carboxylic acids is 1. The van der Waals surface area contributed by atoms with Crippen LogP contribution in [0, 0.1) is 17.2 Å². The van der Waals surface area contributed by atoms with Gasteiger partial charge in [0.15, 0.2) is 11.2 Å². The van der Waals surface area contributed by atoms with E-state index in [-0.39, 0.29) is 22.2 Å². The number of ether oxygens (including phenoxy) is 1. The first-order chi connectivity index (χ1) is 16.3. The van der Waals surface area contributed by atoms with Crippen molar-refractivity contribution in [2.24, 2.45) is 5.92 Å². The van der Waals surface area contributed by atoms with Gasteiger partial charge in [0, 0.05) is 26.2 Å². The second-order valence-electron chi connectivity index (χ2n) is 8.88. The van der Waals surface area contributed by atoms with Crippen LogP contribution in [0.4, 0.5) is 0 Å². The van der Waals surface area contributed by atoms with E-state index in [1.807, 2.05) is 30.3 Å². The standard InChI is InChI=1S/C26H22ClN3O4/c1-30(2)24(32)20-21(16-6-4-3-5-7-16)26(17-10-8-15(12-28)9-11-17)25(33,23(20)31)22-18(27)13-29-14-19(22)34-26/h3-11,13-14,20-21,23,31,33H,1-2H3/t20-,21-,23-,25+,26+/m1/s1. The highest BCUT2D eigenvalue weighted by Crippen LogP contribution is 2.69. The van der Waals surface area contributed by atoms with E-state index in [2.05, 4.69) is 11.1 Å². The highest BCUT2D eigenvalue weighted by molar-refractivity contribution is 6.31. The number of carbonyl (C=O) groups is 1. The molecular weight excluding hydrogens is 454 g/mol. The quantitative estimate of drug-likeness (QED) is 0.603. The minimum absolute atomic E-state index is 0.124. The molecule has 3 aromatic rings. The van der Waals surface area contributed by atoms with Gasteiger partial charge in [-0.2, -0.15) is 5.26 Å². The number of benzene rings is 2. The van der Waals surface area contributed by atoms with Crippen LogP contribution in [-0.4, -0.2) is 46.2 Å². The number of hydrogen-bond donors (Lipinski definition) is 2. The van der Waals surface area contributed by atoms with Crippen molar-refractivity contribution in [3.05, 3.63) is 94.3 Å². The molecule has 0 saturated heterocycles. The lowest BCUT2D eigenvalue weighted by molar-refractivity contribution is -0.155. The summed E-state index contributed by atoms with van der Waals surface area (Å²) in [7, 11) is 3.21. The number of pyridine rings is 1. The zero-order valence-electron chi connectivity index (χ0n) is 18.5. The Bertz CT molecular complexity index is 1310. The van der Waals surface area contributed by atoms with Crippen LogP contribution in [0.15, 0.2) is 67.0 Å². The molecule has 7 nitrogen and oxygen atoms in total. The summed E-state index contributed by atoms with van der Waals surface area (Å²) in [6.45, 7) is 0. The SMILES string of the molecule is CN(C)C(=O)[C@H]1[C@@H](O)[C@@]2(O)c3c(Cl)cncc3O[C@@]2(c2ccc(C#N)cc2)[C@@H]1c1ccccc1. The maximum Gasteiger partial charge on any atom is 0.228 e. The van der Waals surface area contributed by atoms with Gasteiger partial charge in [-0.05, 0) is 23.3 Å². The smallest absolute Gasteiger partial charge is 0.228 e. The Labute approximate surface area is 201 Å². The number of nitriles is 1. The molecule has 0 unspecified atom stereocenters. The van der Waals surface area contributed by atoms with E-state index >= 15 is 0 Å². The number of rotatable bonds is 3. The zero-order chi connectivity index (χ0) is 24.3. The van der Waals surface area contributed by atoms with Gasteiger partial charge in [0.25, 0.3) is 0 Å². The number of amides is 1. The molecule has 1 aliphatic heterocycles. The summed E-state index contributed by atoms with van der Waals surface area (Å²) in [6, 6.07) is 17.9. The maximum atomic E-state index is 13.5. The van der Waals surface area contributed by atoms with E-state index in [1.165, 1.54) is 17.3 Å².